The van der Waals surface area contributed by atoms with E-state index in [-0.39, 0.29) is 28.4 Å². The third kappa shape index (κ3) is 4.71. The second-order valence-electron chi connectivity index (χ2n) is 20.4. The van der Waals surface area contributed by atoms with Crippen molar-refractivity contribution in [1.29, 1.82) is 0 Å². The van der Waals surface area contributed by atoms with Crippen molar-refractivity contribution < 1.29 is 0 Å². The first-order chi connectivity index (χ1) is 25.8. The monoisotopic (exact) mass is 718 g/mol. The fourth-order valence-corrected chi connectivity index (χ4v) is 9.80. The number of hydrogen-bond acceptors (Lipinski definition) is 2. The molecular weight excluding hydrogens is 667 g/mol. The van der Waals surface area contributed by atoms with Gasteiger partial charge in [0, 0.05) is 61.9 Å². The Kier molecular flexibility index (Phi) is 6.73. The summed E-state index contributed by atoms with van der Waals surface area (Å²) in [5.74, 6) is 0.743. The van der Waals surface area contributed by atoms with Gasteiger partial charge in [-0.15, -0.1) is 0 Å². The van der Waals surface area contributed by atoms with E-state index in [0.717, 1.165) is 11.4 Å². The van der Waals surface area contributed by atoms with Crippen molar-refractivity contribution >= 4 is 66.7 Å². The molecule has 0 aliphatic carbocycles. The maximum Gasteiger partial charge on any atom is 0.252 e. The van der Waals surface area contributed by atoms with E-state index in [1.807, 2.05) is 18.5 Å². The molecule has 0 spiro atoms. The van der Waals surface area contributed by atoms with Gasteiger partial charge >= 0.3 is 0 Å². The van der Waals surface area contributed by atoms with E-state index in [2.05, 4.69) is 165 Å². The predicted molar refractivity (Wildman–Crippen MR) is 236 cm³/mol. The minimum Gasteiger partial charge on any atom is -0.310 e. The van der Waals surface area contributed by atoms with Crippen LogP contribution in [-0.2, 0) is 21.7 Å². The number of rotatable bonds is 1. The average molecular weight is 719 g/mol. The standard InChI is InChI=1S/C50H51BN4/c1-47(2,3)29-24-33(49(7,8)9)41-31-16-13-18-35-44(31)54(37(41)26-29)39-22-28(46-52-20-15-21-53-46)23-40-43(39)51(35)36-19-14-17-32-42-34(50(10,11)12)25-30(48(4,5)6)27-38(42)55(40)45(32)36/h13-27H,1-12H3. The van der Waals surface area contributed by atoms with E-state index < -0.39 is 0 Å². The topological polar surface area (TPSA) is 35.6 Å². The summed E-state index contributed by atoms with van der Waals surface area (Å²) in [6, 6.07) is 30.8. The van der Waals surface area contributed by atoms with Crippen molar-refractivity contribution in [1.82, 2.24) is 19.1 Å². The summed E-state index contributed by atoms with van der Waals surface area (Å²) >= 11 is 0. The highest BCUT2D eigenvalue weighted by Crippen LogP contribution is 2.46. The van der Waals surface area contributed by atoms with Crippen molar-refractivity contribution in [2.24, 2.45) is 0 Å². The van der Waals surface area contributed by atoms with Crippen molar-refractivity contribution in [3.63, 3.8) is 0 Å². The molecular formula is C50H51BN4. The van der Waals surface area contributed by atoms with E-state index in [9.17, 15) is 0 Å². The van der Waals surface area contributed by atoms with Crippen molar-refractivity contribution in [3.05, 3.63) is 114 Å². The number of aromatic nitrogens is 4. The van der Waals surface area contributed by atoms with Gasteiger partial charge in [0.1, 0.15) is 0 Å². The van der Waals surface area contributed by atoms with Crippen molar-refractivity contribution in [2.45, 2.75) is 105 Å². The summed E-state index contributed by atoms with van der Waals surface area (Å²) in [5, 5.41) is 5.38. The van der Waals surface area contributed by atoms with E-state index in [0.29, 0.717) is 0 Å². The Bertz CT molecular complexity index is 2770. The lowest BCUT2D eigenvalue weighted by atomic mass is 9.34. The van der Waals surface area contributed by atoms with Crippen molar-refractivity contribution in [2.75, 3.05) is 0 Å². The van der Waals surface area contributed by atoms with Crippen LogP contribution in [0.1, 0.15) is 105 Å². The van der Waals surface area contributed by atoms with E-state index in [1.165, 1.54) is 93.6 Å². The summed E-state index contributed by atoms with van der Waals surface area (Å²) in [6.07, 6.45) is 3.73. The van der Waals surface area contributed by atoms with Gasteiger partial charge in [-0.1, -0.05) is 132 Å². The molecule has 8 aromatic rings. The van der Waals surface area contributed by atoms with E-state index in [4.69, 9.17) is 9.97 Å². The van der Waals surface area contributed by atoms with Gasteiger partial charge < -0.3 is 9.13 Å². The molecule has 0 amide bonds. The smallest absolute Gasteiger partial charge is 0.252 e. The maximum atomic E-state index is 4.85. The molecule has 2 aliphatic rings. The zero-order valence-corrected chi connectivity index (χ0v) is 34.5. The lowest BCUT2D eigenvalue weighted by Gasteiger charge is -2.34. The molecule has 0 atom stereocenters. The van der Waals surface area contributed by atoms with Gasteiger partial charge in [0.05, 0.1) is 11.0 Å². The Balaban J connectivity index is 1.46. The molecule has 4 nitrogen and oxygen atoms in total. The number of benzene rings is 5. The highest BCUT2D eigenvalue weighted by Gasteiger charge is 2.42. The fourth-order valence-electron chi connectivity index (χ4n) is 9.80. The normalized spacial score (nSPS) is 14.1. The quantitative estimate of drug-likeness (QED) is 0.158. The third-order valence-corrected chi connectivity index (χ3v) is 12.5. The molecule has 2 aliphatic heterocycles. The second kappa shape index (κ2) is 10.8. The van der Waals surface area contributed by atoms with Gasteiger partial charge in [-0.05, 0) is 90.6 Å². The van der Waals surface area contributed by atoms with Gasteiger partial charge in [-0.25, -0.2) is 9.97 Å². The Hall–Kier alpha value is -5.16. The molecule has 0 saturated carbocycles. The first-order valence-corrected chi connectivity index (χ1v) is 20.0. The SMILES string of the molecule is CC(C)(C)c1cc(C(C)(C)C)c2c3cccc4c3n(c2c1)-c1cc(-c2ncccn2)cc2c1B4c1cccc3c4c(C(C)(C)C)cc(C(C)(C)C)cc4n-2c13. The molecule has 0 radical (unpaired) electrons. The summed E-state index contributed by atoms with van der Waals surface area (Å²) in [7, 11) is 0. The average Bonchev–Trinajstić information content (AvgIpc) is 3.64. The minimum absolute atomic E-state index is 0.0196. The second-order valence-corrected chi connectivity index (χ2v) is 20.4. The molecule has 5 heterocycles. The maximum absolute atomic E-state index is 4.85. The Labute approximate surface area is 325 Å². The van der Waals surface area contributed by atoms with E-state index in [1.54, 1.807) is 0 Å². The van der Waals surface area contributed by atoms with Crippen LogP contribution in [0.25, 0.3) is 66.4 Å². The zero-order valence-electron chi connectivity index (χ0n) is 34.5. The van der Waals surface area contributed by atoms with Gasteiger partial charge in [0.2, 0.25) is 0 Å². The molecule has 0 N–H and O–H groups in total. The minimum atomic E-state index is -0.0534. The molecule has 0 saturated heterocycles. The number of nitrogens with zero attached hydrogens (tertiary/aromatic N) is 4. The Morgan fingerprint density at radius 3 is 1.33 bits per heavy atom. The Morgan fingerprint density at radius 1 is 0.491 bits per heavy atom. The van der Waals surface area contributed by atoms with E-state index >= 15 is 0 Å². The van der Waals surface area contributed by atoms with Crippen LogP contribution in [0, 0.1) is 0 Å². The highest BCUT2D eigenvalue weighted by atomic mass is 15.0. The van der Waals surface area contributed by atoms with Crippen LogP contribution in [0.5, 0.6) is 0 Å². The fraction of sp³-hybridized carbons (Fsp3) is 0.320. The van der Waals surface area contributed by atoms with Gasteiger partial charge in [0.25, 0.3) is 6.71 Å². The largest absolute Gasteiger partial charge is 0.310 e. The van der Waals surface area contributed by atoms with Crippen LogP contribution in [-0.4, -0.2) is 25.8 Å². The predicted octanol–water partition coefficient (Wildman–Crippen LogP) is 10.7. The van der Waals surface area contributed by atoms with Gasteiger partial charge in [-0.2, -0.15) is 0 Å². The number of hydrogen-bond donors (Lipinski definition) is 0. The molecule has 10 rings (SSSR count). The van der Waals surface area contributed by atoms with Gasteiger partial charge in [0.15, 0.2) is 5.82 Å². The highest BCUT2D eigenvalue weighted by molar-refractivity contribution is 7.00. The molecule has 0 bridgehead atoms. The molecule has 5 heteroatoms. The lowest BCUT2D eigenvalue weighted by molar-refractivity contribution is 0.572. The summed E-state index contributed by atoms with van der Waals surface area (Å²) in [6.45, 7) is 28.3. The summed E-state index contributed by atoms with van der Waals surface area (Å²) in [5.41, 5.74) is 18.1. The summed E-state index contributed by atoms with van der Waals surface area (Å²) < 4.78 is 5.23. The molecule has 3 aromatic heterocycles. The van der Waals surface area contributed by atoms with Crippen molar-refractivity contribution in [3.8, 4) is 22.8 Å². The molecule has 274 valence electrons. The van der Waals surface area contributed by atoms with Crippen LogP contribution < -0.4 is 16.4 Å². The van der Waals surface area contributed by atoms with Crippen LogP contribution in [0.2, 0.25) is 0 Å². The van der Waals surface area contributed by atoms with Crippen LogP contribution in [0.4, 0.5) is 0 Å². The Morgan fingerprint density at radius 2 is 0.927 bits per heavy atom. The van der Waals surface area contributed by atoms with Crippen LogP contribution in [0.15, 0.2) is 91.3 Å². The third-order valence-electron chi connectivity index (χ3n) is 12.5. The zero-order chi connectivity index (χ0) is 38.7. The molecule has 0 fully saturated rings. The first-order valence-electron chi connectivity index (χ1n) is 20.0. The van der Waals surface area contributed by atoms with Gasteiger partial charge in [-0.3, -0.25) is 0 Å². The number of fused-ring (bicyclic) bond motifs is 10. The number of para-hydroxylation sites is 2. The first kappa shape index (κ1) is 34.3. The molecule has 55 heavy (non-hydrogen) atoms. The van der Waals surface area contributed by atoms with Crippen LogP contribution in [0.3, 0.4) is 0 Å². The lowest BCUT2D eigenvalue weighted by Crippen LogP contribution is -2.59. The molecule has 5 aromatic carbocycles. The summed E-state index contributed by atoms with van der Waals surface area (Å²) in [4.78, 5) is 9.71. The van der Waals surface area contributed by atoms with Crippen LogP contribution >= 0.6 is 0 Å². The molecule has 0 unspecified atom stereocenters.